The maximum Gasteiger partial charge on any atom is 0.338 e. The van der Waals surface area contributed by atoms with Gasteiger partial charge >= 0.3 is 5.97 Å². The highest BCUT2D eigenvalue weighted by Gasteiger charge is 2.18. The summed E-state index contributed by atoms with van der Waals surface area (Å²) in [6, 6.07) is 5.13. The fourth-order valence-electron chi connectivity index (χ4n) is 0.960. The van der Waals surface area contributed by atoms with Gasteiger partial charge in [-0.15, -0.1) is 0 Å². The molecule has 0 saturated heterocycles. The summed E-state index contributed by atoms with van der Waals surface area (Å²) in [6.07, 6.45) is 0. The predicted molar refractivity (Wildman–Crippen MR) is 69.3 cm³/mol. The highest BCUT2D eigenvalue weighted by Crippen LogP contribution is 2.21. The Kier molecular flexibility index (Phi) is 4.00. The van der Waals surface area contributed by atoms with Crippen molar-refractivity contribution < 1.29 is 9.53 Å². The molecule has 15 heavy (non-hydrogen) atoms. The zero-order chi connectivity index (χ0) is 11.6. The van der Waals surface area contributed by atoms with E-state index < -0.39 is 5.60 Å². The number of hydrogen-bond donors (Lipinski definition) is 0. The van der Waals surface area contributed by atoms with Crippen LogP contribution in [-0.2, 0) is 4.74 Å². The first-order chi connectivity index (χ1) is 6.79. The fourth-order valence-corrected chi connectivity index (χ4v) is 1.48. The van der Waals surface area contributed by atoms with E-state index in [4.69, 9.17) is 16.3 Å². The summed E-state index contributed by atoms with van der Waals surface area (Å²) in [5.41, 5.74) is 0.00219. The van der Waals surface area contributed by atoms with Crippen LogP contribution in [0.2, 0.25) is 5.02 Å². The van der Waals surface area contributed by atoms with Crippen LogP contribution in [0, 0.1) is 3.57 Å². The van der Waals surface area contributed by atoms with Gasteiger partial charge in [0.15, 0.2) is 0 Å². The summed E-state index contributed by atoms with van der Waals surface area (Å²) in [5, 5.41) is 0.568. The van der Waals surface area contributed by atoms with E-state index in [9.17, 15) is 4.79 Å². The molecule has 0 saturated carbocycles. The third kappa shape index (κ3) is 3.99. The highest BCUT2D eigenvalue weighted by atomic mass is 127. The van der Waals surface area contributed by atoms with Crippen molar-refractivity contribution in [3.63, 3.8) is 0 Å². The summed E-state index contributed by atoms with van der Waals surface area (Å²) in [6.45, 7) is 5.50. The fraction of sp³-hybridized carbons (Fsp3) is 0.364. The minimum absolute atomic E-state index is 0.346. The topological polar surface area (TPSA) is 26.3 Å². The largest absolute Gasteiger partial charge is 0.456 e. The van der Waals surface area contributed by atoms with Crippen LogP contribution in [0.5, 0.6) is 0 Å². The van der Waals surface area contributed by atoms with Crippen LogP contribution in [0.1, 0.15) is 31.1 Å². The first kappa shape index (κ1) is 12.8. The molecule has 1 rings (SSSR count). The van der Waals surface area contributed by atoms with Gasteiger partial charge in [-0.3, -0.25) is 0 Å². The Morgan fingerprint density at radius 1 is 1.40 bits per heavy atom. The van der Waals surface area contributed by atoms with Crippen molar-refractivity contribution in [1.82, 2.24) is 0 Å². The molecule has 0 spiro atoms. The summed E-state index contributed by atoms with van der Waals surface area (Å²) in [5.74, 6) is -0.346. The van der Waals surface area contributed by atoms with Gasteiger partial charge in [0, 0.05) is 3.57 Å². The Morgan fingerprint density at radius 2 is 2.00 bits per heavy atom. The molecule has 0 bridgehead atoms. The van der Waals surface area contributed by atoms with Crippen molar-refractivity contribution >= 4 is 40.2 Å². The lowest BCUT2D eigenvalue weighted by Gasteiger charge is -2.19. The van der Waals surface area contributed by atoms with Gasteiger partial charge in [-0.1, -0.05) is 11.6 Å². The highest BCUT2D eigenvalue weighted by molar-refractivity contribution is 14.1. The molecule has 0 heterocycles. The summed E-state index contributed by atoms with van der Waals surface area (Å²) in [7, 11) is 0. The number of halogens is 2. The maximum absolute atomic E-state index is 11.6. The number of rotatable bonds is 1. The number of benzene rings is 1. The molecule has 1 aromatic carbocycles. The lowest BCUT2D eigenvalue weighted by atomic mass is 10.2. The standard InChI is InChI=1S/C11H12ClIO2/c1-11(2,3)15-10(14)7-4-5-9(13)8(12)6-7/h4-6H,1-3H3. The van der Waals surface area contributed by atoms with Crippen molar-refractivity contribution in [3.05, 3.63) is 32.4 Å². The van der Waals surface area contributed by atoms with Crippen LogP contribution < -0.4 is 0 Å². The van der Waals surface area contributed by atoms with Gasteiger partial charge in [0.05, 0.1) is 10.6 Å². The average molecular weight is 339 g/mol. The molecule has 82 valence electrons. The van der Waals surface area contributed by atoms with E-state index in [1.807, 2.05) is 20.8 Å². The number of hydrogen-bond acceptors (Lipinski definition) is 2. The molecule has 4 heteroatoms. The van der Waals surface area contributed by atoms with Crippen LogP contribution in [0.3, 0.4) is 0 Å². The second-order valence-corrected chi connectivity index (χ2v) is 5.70. The lowest BCUT2D eigenvalue weighted by Crippen LogP contribution is -2.23. The normalized spacial score (nSPS) is 11.3. The first-order valence-corrected chi connectivity index (χ1v) is 5.94. The number of ether oxygens (including phenoxy) is 1. The van der Waals surface area contributed by atoms with E-state index >= 15 is 0 Å². The van der Waals surface area contributed by atoms with E-state index in [0.29, 0.717) is 10.6 Å². The van der Waals surface area contributed by atoms with E-state index in [0.717, 1.165) is 3.57 Å². The number of carbonyl (C=O) groups excluding carboxylic acids is 1. The maximum atomic E-state index is 11.6. The SMILES string of the molecule is CC(C)(C)OC(=O)c1ccc(I)c(Cl)c1. The van der Waals surface area contributed by atoms with Crippen LogP contribution in [0.4, 0.5) is 0 Å². The van der Waals surface area contributed by atoms with E-state index in [2.05, 4.69) is 22.6 Å². The predicted octanol–water partition coefficient (Wildman–Crippen LogP) is 3.90. The zero-order valence-electron chi connectivity index (χ0n) is 8.80. The molecule has 0 aliphatic carbocycles. The van der Waals surface area contributed by atoms with Gasteiger partial charge in [0.1, 0.15) is 5.60 Å². The molecule has 1 aromatic rings. The van der Waals surface area contributed by atoms with Crippen molar-refractivity contribution in [2.45, 2.75) is 26.4 Å². The molecule has 2 nitrogen and oxygen atoms in total. The Labute approximate surface area is 108 Å². The zero-order valence-corrected chi connectivity index (χ0v) is 11.7. The average Bonchev–Trinajstić information content (AvgIpc) is 2.06. The Balaban J connectivity index is 2.88. The lowest BCUT2D eigenvalue weighted by molar-refractivity contribution is 0.00695. The summed E-state index contributed by atoms with van der Waals surface area (Å²) >= 11 is 8.02. The van der Waals surface area contributed by atoms with Gasteiger partial charge in [-0.25, -0.2) is 4.79 Å². The van der Waals surface area contributed by atoms with E-state index in [1.165, 1.54) is 0 Å². The first-order valence-electron chi connectivity index (χ1n) is 4.48. The third-order valence-electron chi connectivity index (χ3n) is 1.55. The van der Waals surface area contributed by atoms with Gasteiger partial charge in [0.25, 0.3) is 0 Å². The van der Waals surface area contributed by atoms with Crippen LogP contribution >= 0.6 is 34.2 Å². The third-order valence-corrected chi connectivity index (χ3v) is 3.13. The monoisotopic (exact) mass is 338 g/mol. The Morgan fingerprint density at radius 3 is 2.47 bits per heavy atom. The quantitative estimate of drug-likeness (QED) is 0.573. The minimum Gasteiger partial charge on any atom is -0.456 e. The van der Waals surface area contributed by atoms with Gasteiger partial charge in [0.2, 0.25) is 0 Å². The van der Waals surface area contributed by atoms with Crippen LogP contribution in [0.15, 0.2) is 18.2 Å². The van der Waals surface area contributed by atoms with E-state index in [1.54, 1.807) is 18.2 Å². The van der Waals surface area contributed by atoms with Crippen molar-refractivity contribution in [2.24, 2.45) is 0 Å². The number of carbonyl (C=O) groups is 1. The van der Waals surface area contributed by atoms with Gasteiger partial charge in [-0.2, -0.15) is 0 Å². The molecule has 0 aromatic heterocycles. The van der Waals surface area contributed by atoms with Gasteiger partial charge in [-0.05, 0) is 61.6 Å². The second-order valence-electron chi connectivity index (χ2n) is 4.13. The number of esters is 1. The Hall–Kier alpha value is -0.290. The molecule has 0 unspecified atom stereocenters. The summed E-state index contributed by atoms with van der Waals surface area (Å²) in [4.78, 5) is 11.6. The van der Waals surface area contributed by atoms with Crippen LogP contribution in [0.25, 0.3) is 0 Å². The van der Waals surface area contributed by atoms with Crippen molar-refractivity contribution in [2.75, 3.05) is 0 Å². The minimum atomic E-state index is -0.480. The van der Waals surface area contributed by atoms with E-state index in [-0.39, 0.29) is 5.97 Å². The Bertz CT molecular complexity index is 383. The molecule has 0 amide bonds. The molecule has 0 fully saturated rings. The van der Waals surface area contributed by atoms with Crippen molar-refractivity contribution in [3.8, 4) is 0 Å². The molecule has 0 aliphatic rings. The summed E-state index contributed by atoms with van der Waals surface area (Å²) < 4.78 is 6.14. The van der Waals surface area contributed by atoms with Crippen molar-refractivity contribution in [1.29, 1.82) is 0 Å². The van der Waals surface area contributed by atoms with Gasteiger partial charge < -0.3 is 4.74 Å². The smallest absolute Gasteiger partial charge is 0.338 e. The molecular weight excluding hydrogens is 326 g/mol. The molecule has 0 aliphatic heterocycles. The molecule has 0 atom stereocenters. The molecular formula is C11H12ClIO2. The second kappa shape index (κ2) is 4.70. The molecule has 0 N–H and O–H groups in total. The van der Waals surface area contributed by atoms with Crippen LogP contribution in [-0.4, -0.2) is 11.6 Å². The molecule has 0 radical (unpaired) electrons.